The van der Waals surface area contributed by atoms with Gasteiger partial charge in [-0.15, -0.1) is 0 Å². The summed E-state index contributed by atoms with van der Waals surface area (Å²) in [6.45, 7) is 2.14. The van der Waals surface area contributed by atoms with Crippen LogP contribution in [-0.4, -0.2) is 31.6 Å². The minimum atomic E-state index is -0.526. The summed E-state index contributed by atoms with van der Waals surface area (Å²) in [7, 11) is 1.56. The summed E-state index contributed by atoms with van der Waals surface area (Å²) in [5.74, 6) is 0.402. The van der Waals surface area contributed by atoms with Crippen LogP contribution in [0.2, 0.25) is 0 Å². The van der Waals surface area contributed by atoms with Gasteiger partial charge in [0, 0.05) is 31.5 Å². The molecule has 2 N–H and O–H groups in total. The van der Waals surface area contributed by atoms with Crippen molar-refractivity contribution >= 4 is 0 Å². The summed E-state index contributed by atoms with van der Waals surface area (Å²) in [5.41, 5.74) is 0.426. The number of nitrogens with one attached hydrogen (secondary N) is 1. The van der Waals surface area contributed by atoms with Crippen molar-refractivity contribution in [3.05, 3.63) is 0 Å². The standard InChI is InChI=1S/C7H13NO2/c1-10-6(9)5-2-7(5)3-8-4-7/h5-6,8-9H,2-4H2,1H3. The quantitative estimate of drug-likeness (QED) is 0.515. The smallest absolute Gasteiger partial charge is 0.157 e. The van der Waals surface area contributed by atoms with E-state index >= 15 is 0 Å². The fourth-order valence-electron chi connectivity index (χ4n) is 1.80. The van der Waals surface area contributed by atoms with E-state index < -0.39 is 6.29 Å². The van der Waals surface area contributed by atoms with Gasteiger partial charge < -0.3 is 15.2 Å². The molecule has 1 aliphatic heterocycles. The third-order valence-electron chi connectivity index (χ3n) is 2.79. The summed E-state index contributed by atoms with van der Waals surface area (Å²) in [6.07, 6.45) is 0.608. The van der Waals surface area contributed by atoms with Crippen molar-refractivity contribution in [1.82, 2.24) is 5.32 Å². The third-order valence-corrected chi connectivity index (χ3v) is 2.79. The molecule has 3 heteroatoms. The monoisotopic (exact) mass is 143 g/mol. The van der Waals surface area contributed by atoms with Gasteiger partial charge >= 0.3 is 0 Å². The van der Waals surface area contributed by atoms with Crippen LogP contribution < -0.4 is 5.32 Å². The lowest BCUT2D eigenvalue weighted by atomic mass is 9.97. The van der Waals surface area contributed by atoms with E-state index in [0.717, 1.165) is 19.5 Å². The summed E-state index contributed by atoms with van der Waals surface area (Å²) in [4.78, 5) is 0. The highest BCUT2D eigenvalue weighted by molar-refractivity contribution is 5.11. The van der Waals surface area contributed by atoms with Crippen LogP contribution in [0.25, 0.3) is 0 Å². The number of hydrogen-bond acceptors (Lipinski definition) is 3. The molecule has 1 heterocycles. The molecule has 58 valence electrons. The van der Waals surface area contributed by atoms with Crippen molar-refractivity contribution in [2.45, 2.75) is 12.7 Å². The fraction of sp³-hybridized carbons (Fsp3) is 1.00. The largest absolute Gasteiger partial charge is 0.368 e. The normalized spacial score (nSPS) is 37.2. The average molecular weight is 143 g/mol. The van der Waals surface area contributed by atoms with Crippen molar-refractivity contribution in [2.24, 2.45) is 11.3 Å². The van der Waals surface area contributed by atoms with Crippen LogP contribution >= 0.6 is 0 Å². The zero-order chi connectivity index (χ0) is 7.19. The van der Waals surface area contributed by atoms with Gasteiger partial charge in [-0.2, -0.15) is 0 Å². The maximum Gasteiger partial charge on any atom is 0.157 e. The highest BCUT2D eigenvalue weighted by Gasteiger charge is 2.61. The molecule has 0 amide bonds. The maximum absolute atomic E-state index is 9.25. The lowest BCUT2D eigenvalue weighted by molar-refractivity contribution is -0.0992. The Bertz CT molecular complexity index is 145. The van der Waals surface area contributed by atoms with Gasteiger partial charge in [0.1, 0.15) is 0 Å². The molecule has 2 fully saturated rings. The molecule has 2 atom stereocenters. The van der Waals surface area contributed by atoms with Gasteiger partial charge in [0.2, 0.25) is 0 Å². The Hall–Kier alpha value is -0.120. The van der Waals surface area contributed by atoms with E-state index in [1.165, 1.54) is 0 Å². The van der Waals surface area contributed by atoms with Crippen molar-refractivity contribution in [1.29, 1.82) is 0 Å². The number of ether oxygens (including phenoxy) is 1. The molecule has 1 saturated carbocycles. The zero-order valence-corrected chi connectivity index (χ0v) is 6.13. The molecule has 0 aromatic carbocycles. The second-order valence-electron chi connectivity index (χ2n) is 3.40. The summed E-state index contributed by atoms with van der Waals surface area (Å²) in [5, 5.41) is 12.5. The molecule has 2 rings (SSSR count). The molecule has 3 nitrogen and oxygen atoms in total. The van der Waals surface area contributed by atoms with Crippen LogP contribution in [0, 0.1) is 11.3 Å². The minimum absolute atomic E-state index is 0.402. The molecule has 2 aliphatic rings. The molecular formula is C7H13NO2. The first-order chi connectivity index (χ1) is 4.78. The number of hydrogen-bond donors (Lipinski definition) is 2. The molecule has 1 saturated heterocycles. The number of aliphatic hydroxyl groups excluding tert-OH is 1. The van der Waals surface area contributed by atoms with Crippen molar-refractivity contribution in [2.75, 3.05) is 20.2 Å². The van der Waals surface area contributed by atoms with Crippen LogP contribution in [-0.2, 0) is 4.74 Å². The SMILES string of the molecule is COC(O)C1CC12CNC2. The van der Waals surface area contributed by atoms with Gasteiger partial charge in [0.25, 0.3) is 0 Å². The Labute approximate surface area is 60.4 Å². The van der Waals surface area contributed by atoms with E-state index in [1.54, 1.807) is 7.11 Å². The van der Waals surface area contributed by atoms with Crippen LogP contribution in [0.4, 0.5) is 0 Å². The average Bonchev–Trinajstić information content (AvgIpc) is 2.59. The molecule has 10 heavy (non-hydrogen) atoms. The summed E-state index contributed by atoms with van der Waals surface area (Å²) >= 11 is 0. The highest BCUT2D eigenvalue weighted by Crippen LogP contribution is 2.56. The molecule has 0 aromatic heterocycles. The molecule has 1 aliphatic carbocycles. The highest BCUT2D eigenvalue weighted by atomic mass is 16.6. The lowest BCUT2D eigenvalue weighted by Gasteiger charge is -2.29. The lowest BCUT2D eigenvalue weighted by Crippen LogP contribution is -2.46. The van der Waals surface area contributed by atoms with Gasteiger partial charge in [0.05, 0.1) is 0 Å². The predicted octanol–water partition coefficient (Wildman–Crippen LogP) is -0.439. The zero-order valence-electron chi connectivity index (χ0n) is 6.13. The first-order valence-electron chi connectivity index (χ1n) is 3.70. The van der Waals surface area contributed by atoms with Gasteiger partial charge in [0.15, 0.2) is 6.29 Å². The van der Waals surface area contributed by atoms with E-state index in [2.05, 4.69) is 5.32 Å². The Kier molecular flexibility index (Phi) is 1.27. The number of rotatable bonds is 2. The molecule has 0 radical (unpaired) electrons. The van der Waals surface area contributed by atoms with Gasteiger partial charge in [-0.25, -0.2) is 0 Å². The second kappa shape index (κ2) is 1.94. The van der Waals surface area contributed by atoms with Crippen LogP contribution in [0.15, 0.2) is 0 Å². The third kappa shape index (κ3) is 0.713. The molecular weight excluding hydrogens is 130 g/mol. The fourth-order valence-corrected chi connectivity index (χ4v) is 1.80. The Morgan fingerprint density at radius 3 is 2.70 bits per heavy atom. The topological polar surface area (TPSA) is 41.5 Å². The molecule has 0 aromatic rings. The van der Waals surface area contributed by atoms with E-state index in [-0.39, 0.29) is 0 Å². The maximum atomic E-state index is 9.25. The van der Waals surface area contributed by atoms with Crippen molar-refractivity contribution in [3.8, 4) is 0 Å². The van der Waals surface area contributed by atoms with Gasteiger partial charge in [-0.05, 0) is 6.42 Å². The van der Waals surface area contributed by atoms with E-state index in [9.17, 15) is 5.11 Å². The van der Waals surface area contributed by atoms with E-state index in [0.29, 0.717) is 11.3 Å². The van der Waals surface area contributed by atoms with E-state index in [4.69, 9.17) is 4.74 Å². The summed E-state index contributed by atoms with van der Waals surface area (Å²) in [6, 6.07) is 0. The Morgan fingerprint density at radius 2 is 2.40 bits per heavy atom. The number of aliphatic hydroxyl groups is 1. The summed E-state index contributed by atoms with van der Waals surface area (Å²) < 4.78 is 4.83. The van der Waals surface area contributed by atoms with Gasteiger partial charge in [-0.1, -0.05) is 0 Å². The van der Waals surface area contributed by atoms with E-state index in [1.807, 2.05) is 0 Å². The molecule has 1 spiro atoms. The predicted molar refractivity (Wildman–Crippen MR) is 36.4 cm³/mol. The minimum Gasteiger partial charge on any atom is -0.368 e. The molecule has 2 unspecified atom stereocenters. The van der Waals surface area contributed by atoms with Gasteiger partial charge in [-0.3, -0.25) is 0 Å². The Balaban J connectivity index is 1.88. The Morgan fingerprint density at radius 1 is 1.70 bits per heavy atom. The van der Waals surface area contributed by atoms with Crippen molar-refractivity contribution in [3.63, 3.8) is 0 Å². The second-order valence-corrected chi connectivity index (χ2v) is 3.40. The van der Waals surface area contributed by atoms with Crippen LogP contribution in [0.3, 0.4) is 0 Å². The number of methoxy groups -OCH3 is 1. The van der Waals surface area contributed by atoms with Crippen LogP contribution in [0.5, 0.6) is 0 Å². The first kappa shape index (κ1) is 6.58. The molecule has 0 bridgehead atoms. The van der Waals surface area contributed by atoms with Crippen LogP contribution in [0.1, 0.15) is 6.42 Å². The van der Waals surface area contributed by atoms with Crippen molar-refractivity contribution < 1.29 is 9.84 Å². The first-order valence-corrected chi connectivity index (χ1v) is 3.70.